The predicted molar refractivity (Wildman–Crippen MR) is 252 cm³/mol. The fourth-order valence-corrected chi connectivity index (χ4v) is 10.6. The first kappa shape index (κ1) is 34.8. The van der Waals surface area contributed by atoms with Gasteiger partial charge in [0, 0.05) is 50.2 Å². The highest BCUT2D eigenvalue weighted by molar-refractivity contribution is 6.19. The third kappa shape index (κ3) is 4.94. The summed E-state index contributed by atoms with van der Waals surface area (Å²) in [5, 5.41) is 4.63. The van der Waals surface area contributed by atoms with Crippen molar-refractivity contribution in [1.82, 2.24) is 0 Å². The lowest BCUT2D eigenvalue weighted by atomic mass is 9.81. The fraction of sp³-hybridized carbons (Fsp3) is 0.103. The van der Waals surface area contributed by atoms with Crippen molar-refractivity contribution in [2.45, 2.75) is 38.5 Å². The average molecular weight is 770 g/mol. The number of rotatable bonds is 5. The SMILES string of the molecule is CC1(C)c2ccccc2-c2ccc(-c3c4ccccc4cc4c3oc3cc(N(c5ccc6c(c5)C(C)(C)c5ccccc5-6)c5ccccc5-c5ccccc5)ccc34)cc21. The van der Waals surface area contributed by atoms with Gasteiger partial charge in [0.1, 0.15) is 11.2 Å². The highest BCUT2D eigenvalue weighted by atomic mass is 16.3. The van der Waals surface area contributed by atoms with Crippen LogP contribution in [0, 0.1) is 0 Å². The first-order valence-electron chi connectivity index (χ1n) is 21.1. The largest absolute Gasteiger partial charge is 0.455 e. The topological polar surface area (TPSA) is 16.4 Å². The lowest BCUT2D eigenvalue weighted by Crippen LogP contribution is -2.16. The van der Waals surface area contributed by atoms with Crippen molar-refractivity contribution in [3.8, 4) is 44.5 Å². The van der Waals surface area contributed by atoms with Crippen LogP contribution in [0.5, 0.6) is 0 Å². The maximum Gasteiger partial charge on any atom is 0.143 e. The molecule has 1 aromatic heterocycles. The Labute approximate surface area is 351 Å². The number of para-hydroxylation sites is 1. The van der Waals surface area contributed by atoms with Gasteiger partial charge < -0.3 is 9.32 Å². The minimum atomic E-state index is -0.136. The summed E-state index contributed by atoms with van der Waals surface area (Å²) in [6, 6.07) is 69.2. The lowest BCUT2D eigenvalue weighted by Gasteiger charge is -2.29. The zero-order valence-corrected chi connectivity index (χ0v) is 34.3. The third-order valence-electron chi connectivity index (χ3n) is 13.7. The van der Waals surface area contributed by atoms with E-state index in [0.717, 1.165) is 44.6 Å². The van der Waals surface area contributed by atoms with Crippen LogP contribution in [-0.4, -0.2) is 0 Å². The van der Waals surface area contributed by atoms with Gasteiger partial charge in [-0.2, -0.15) is 0 Å². The van der Waals surface area contributed by atoms with Crippen LogP contribution in [0.3, 0.4) is 0 Å². The lowest BCUT2D eigenvalue weighted by molar-refractivity contribution is 0.660. The highest BCUT2D eigenvalue weighted by Crippen LogP contribution is 2.53. The third-order valence-corrected chi connectivity index (χ3v) is 13.7. The quantitative estimate of drug-likeness (QED) is 0.173. The van der Waals surface area contributed by atoms with Gasteiger partial charge in [-0.05, 0) is 109 Å². The first-order chi connectivity index (χ1) is 29.3. The maximum atomic E-state index is 7.18. The van der Waals surface area contributed by atoms with Gasteiger partial charge in [-0.15, -0.1) is 0 Å². The van der Waals surface area contributed by atoms with E-state index in [9.17, 15) is 0 Å². The molecule has 0 unspecified atom stereocenters. The zero-order chi connectivity index (χ0) is 40.3. The Balaban J connectivity index is 1.08. The van der Waals surface area contributed by atoms with Crippen molar-refractivity contribution in [1.29, 1.82) is 0 Å². The smallest absolute Gasteiger partial charge is 0.143 e. The van der Waals surface area contributed by atoms with E-state index in [1.165, 1.54) is 72.0 Å². The van der Waals surface area contributed by atoms with E-state index in [-0.39, 0.29) is 10.8 Å². The molecule has 0 bridgehead atoms. The molecule has 2 nitrogen and oxygen atoms in total. The molecule has 1 heterocycles. The van der Waals surface area contributed by atoms with Crippen LogP contribution in [0.2, 0.25) is 0 Å². The van der Waals surface area contributed by atoms with Gasteiger partial charge in [-0.25, -0.2) is 0 Å². The number of fused-ring (bicyclic) bond motifs is 10. The van der Waals surface area contributed by atoms with Crippen molar-refractivity contribution in [2.24, 2.45) is 0 Å². The molecule has 9 aromatic carbocycles. The van der Waals surface area contributed by atoms with Crippen molar-refractivity contribution in [3.63, 3.8) is 0 Å². The summed E-state index contributed by atoms with van der Waals surface area (Å²) >= 11 is 0. The van der Waals surface area contributed by atoms with E-state index >= 15 is 0 Å². The molecule has 0 fully saturated rings. The van der Waals surface area contributed by atoms with E-state index in [1.807, 2.05) is 0 Å². The molecule has 2 aliphatic carbocycles. The molecule has 0 N–H and O–H groups in total. The second-order valence-electron chi connectivity index (χ2n) is 17.7. The second-order valence-corrected chi connectivity index (χ2v) is 17.7. The zero-order valence-electron chi connectivity index (χ0n) is 34.3. The van der Waals surface area contributed by atoms with E-state index in [1.54, 1.807) is 0 Å². The normalized spacial score (nSPS) is 14.3. The molecule has 2 heteroatoms. The Kier molecular flexibility index (Phi) is 7.36. The molecule has 286 valence electrons. The molecule has 0 aliphatic heterocycles. The molecule has 0 saturated heterocycles. The molecular weight excluding hydrogens is 727 g/mol. The minimum Gasteiger partial charge on any atom is -0.455 e. The van der Waals surface area contributed by atoms with Crippen molar-refractivity contribution < 1.29 is 4.42 Å². The Morgan fingerprint density at radius 1 is 0.383 bits per heavy atom. The average Bonchev–Trinajstić information content (AvgIpc) is 3.84. The monoisotopic (exact) mass is 769 g/mol. The Bertz CT molecular complexity index is 3380. The number of hydrogen-bond donors (Lipinski definition) is 0. The summed E-state index contributed by atoms with van der Waals surface area (Å²) in [6.07, 6.45) is 0. The van der Waals surface area contributed by atoms with Gasteiger partial charge in [0.2, 0.25) is 0 Å². The molecule has 0 amide bonds. The number of benzene rings is 9. The standard InChI is InChI=1S/C58H43NO/c1-57(2)49-23-13-10-21-43(49)45-29-26-38(33-51(45)57)55-42-20-9-8-18-37(42)32-48-47-31-28-40(35-54(47)60-56(48)55)59(53-25-15-12-19-41(53)36-16-6-5-7-17-36)39-27-30-46-44-22-11-14-24-50(44)58(3,4)52(46)34-39/h5-35H,1-4H3. The number of nitrogens with zero attached hydrogens (tertiary/aromatic N) is 1. The summed E-state index contributed by atoms with van der Waals surface area (Å²) in [4.78, 5) is 2.42. The van der Waals surface area contributed by atoms with E-state index < -0.39 is 0 Å². The molecule has 0 saturated carbocycles. The number of hydrogen-bond acceptors (Lipinski definition) is 2. The van der Waals surface area contributed by atoms with Crippen LogP contribution in [-0.2, 0) is 10.8 Å². The molecule has 0 radical (unpaired) electrons. The van der Waals surface area contributed by atoms with Crippen LogP contribution in [0.4, 0.5) is 17.1 Å². The van der Waals surface area contributed by atoms with Gasteiger partial charge in [-0.3, -0.25) is 0 Å². The van der Waals surface area contributed by atoms with Crippen molar-refractivity contribution >= 4 is 49.8 Å². The van der Waals surface area contributed by atoms with Crippen LogP contribution in [0.1, 0.15) is 49.9 Å². The Morgan fingerprint density at radius 3 is 1.70 bits per heavy atom. The van der Waals surface area contributed by atoms with Gasteiger partial charge in [0.15, 0.2) is 0 Å². The van der Waals surface area contributed by atoms with Crippen LogP contribution >= 0.6 is 0 Å². The van der Waals surface area contributed by atoms with E-state index in [4.69, 9.17) is 4.42 Å². The van der Waals surface area contributed by atoms with Crippen LogP contribution in [0.15, 0.2) is 192 Å². The van der Waals surface area contributed by atoms with Crippen molar-refractivity contribution in [2.75, 3.05) is 4.90 Å². The Morgan fingerprint density at radius 2 is 0.950 bits per heavy atom. The molecule has 2 aliphatic rings. The van der Waals surface area contributed by atoms with E-state index in [2.05, 4.69) is 221 Å². The highest BCUT2D eigenvalue weighted by Gasteiger charge is 2.37. The molecule has 60 heavy (non-hydrogen) atoms. The molecule has 12 rings (SSSR count). The van der Waals surface area contributed by atoms with Gasteiger partial charge in [0.05, 0.1) is 5.69 Å². The van der Waals surface area contributed by atoms with Crippen LogP contribution < -0.4 is 4.90 Å². The minimum absolute atomic E-state index is 0.108. The molecule has 0 spiro atoms. The van der Waals surface area contributed by atoms with Crippen LogP contribution in [0.25, 0.3) is 77.2 Å². The van der Waals surface area contributed by atoms with Gasteiger partial charge in [0.25, 0.3) is 0 Å². The molecular formula is C58H43NO. The number of furan rings is 1. The Hall–Kier alpha value is -7.16. The second kappa shape index (κ2) is 12.7. The maximum absolute atomic E-state index is 7.18. The first-order valence-corrected chi connectivity index (χ1v) is 21.1. The molecule has 10 aromatic rings. The summed E-state index contributed by atoms with van der Waals surface area (Å²) in [5.74, 6) is 0. The summed E-state index contributed by atoms with van der Waals surface area (Å²) in [6.45, 7) is 9.41. The van der Waals surface area contributed by atoms with Gasteiger partial charge >= 0.3 is 0 Å². The summed E-state index contributed by atoms with van der Waals surface area (Å²) < 4.78 is 7.18. The number of anilines is 3. The fourth-order valence-electron chi connectivity index (χ4n) is 10.6. The summed E-state index contributed by atoms with van der Waals surface area (Å²) in [7, 11) is 0. The molecule has 0 atom stereocenters. The summed E-state index contributed by atoms with van der Waals surface area (Å²) in [5.41, 5.74) is 20.2. The van der Waals surface area contributed by atoms with Gasteiger partial charge in [-0.1, -0.05) is 167 Å². The van der Waals surface area contributed by atoms with E-state index in [0.29, 0.717) is 0 Å². The van der Waals surface area contributed by atoms with Crippen molar-refractivity contribution in [3.05, 3.63) is 210 Å². The predicted octanol–water partition coefficient (Wildman–Crippen LogP) is 16.2.